The Kier molecular flexibility index (Phi) is 8.88. The van der Waals surface area contributed by atoms with Crippen LogP contribution < -0.4 is 25.8 Å². The van der Waals surface area contributed by atoms with E-state index in [1.165, 1.54) is 0 Å². The maximum Gasteiger partial charge on any atom is 0.255 e. The number of halogens is 1. The number of nitrogens with two attached hydrogens (primary N) is 1. The maximum atomic E-state index is 10.9. The average molecular weight is 374 g/mol. The Morgan fingerprint density at radius 1 is 1.32 bits per heavy atom. The van der Waals surface area contributed by atoms with Crippen LogP contribution in [0.15, 0.2) is 16.6 Å². The Morgan fingerprint density at radius 2 is 2.09 bits per heavy atom. The molecular formula is C15H24BrN3O3. The Labute approximate surface area is 139 Å². The van der Waals surface area contributed by atoms with Gasteiger partial charge in [0, 0.05) is 6.54 Å². The molecule has 0 bridgehead atoms. The minimum absolute atomic E-state index is 0.180. The first kappa shape index (κ1) is 18.7. The van der Waals surface area contributed by atoms with Crippen LogP contribution in [0.3, 0.4) is 0 Å². The maximum absolute atomic E-state index is 10.9. The quantitative estimate of drug-likeness (QED) is 0.510. The summed E-state index contributed by atoms with van der Waals surface area (Å²) in [6.07, 6.45) is 1.07. The van der Waals surface area contributed by atoms with E-state index in [4.69, 9.17) is 15.2 Å². The van der Waals surface area contributed by atoms with E-state index in [9.17, 15) is 4.79 Å². The van der Waals surface area contributed by atoms with Crippen molar-refractivity contribution in [2.24, 2.45) is 5.73 Å². The number of carbonyl (C=O) groups excluding carboxylic acids is 1. The van der Waals surface area contributed by atoms with Gasteiger partial charge in [-0.3, -0.25) is 4.79 Å². The minimum Gasteiger partial charge on any atom is -0.490 e. The second-order valence-electron chi connectivity index (χ2n) is 4.73. The highest BCUT2D eigenvalue weighted by atomic mass is 79.9. The van der Waals surface area contributed by atoms with Gasteiger partial charge in [0.2, 0.25) is 0 Å². The van der Waals surface area contributed by atoms with Gasteiger partial charge in [0.15, 0.2) is 18.1 Å². The summed E-state index contributed by atoms with van der Waals surface area (Å²) in [7, 11) is 1.94. The molecule has 0 unspecified atom stereocenters. The van der Waals surface area contributed by atoms with Gasteiger partial charge in [0.1, 0.15) is 0 Å². The largest absolute Gasteiger partial charge is 0.490 e. The molecule has 7 heteroatoms. The lowest BCUT2D eigenvalue weighted by molar-refractivity contribution is -0.119. The molecule has 0 fully saturated rings. The number of primary amides is 1. The smallest absolute Gasteiger partial charge is 0.255 e. The fourth-order valence-electron chi connectivity index (χ4n) is 1.89. The number of carbonyl (C=O) groups is 1. The summed E-state index contributed by atoms with van der Waals surface area (Å²) in [5, 5.41) is 6.48. The Bertz CT molecular complexity index is 483. The molecule has 124 valence electrons. The lowest BCUT2D eigenvalue weighted by atomic mass is 10.2. The van der Waals surface area contributed by atoms with Gasteiger partial charge in [0.25, 0.3) is 5.91 Å². The van der Waals surface area contributed by atoms with Gasteiger partial charge in [-0.2, -0.15) is 0 Å². The van der Waals surface area contributed by atoms with Crippen LogP contribution in [-0.4, -0.2) is 39.3 Å². The second kappa shape index (κ2) is 10.4. The molecule has 0 aliphatic carbocycles. The molecule has 0 aliphatic heterocycles. The van der Waals surface area contributed by atoms with E-state index in [-0.39, 0.29) is 6.61 Å². The second-order valence-corrected chi connectivity index (χ2v) is 5.58. The van der Waals surface area contributed by atoms with Gasteiger partial charge in [-0.05, 0) is 67.1 Å². The first-order valence-corrected chi connectivity index (χ1v) is 8.09. The van der Waals surface area contributed by atoms with E-state index in [2.05, 4.69) is 26.6 Å². The molecule has 0 saturated carbocycles. The van der Waals surface area contributed by atoms with Crippen molar-refractivity contribution in [3.63, 3.8) is 0 Å². The normalized spacial score (nSPS) is 10.5. The molecular weight excluding hydrogens is 350 g/mol. The van der Waals surface area contributed by atoms with Crippen molar-refractivity contribution < 1.29 is 14.3 Å². The zero-order chi connectivity index (χ0) is 16.4. The van der Waals surface area contributed by atoms with E-state index in [1.54, 1.807) is 0 Å². The highest BCUT2D eigenvalue weighted by Crippen LogP contribution is 2.36. The van der Waals surface area contributed by atoms with Crippen molar-refractivity contribution in [3.05, 3.63) is 22.2 Å². The van der Waals surface area contributed by atoms with Crippen molar-refractivity contribution in [3.8, 4) is 11.5 Å². The van der Waals surface area contributed by atoms with Gasteiger partial charge in [-0.1, -0.05) is 0 Å². The predicted octanol–water partition coefficient (Wildman–Crippen LogP) is 1.41. The topological polar surface area (TPSA) is 85.6 Å². The van der Waals surface area contributed by atoms with Crippen LogP contribution >= 0.6 is 15.9 Å². The number of ether oxygens (including phenoxy) is 2. The summed E-state index contributed by atoms with van der Waals surface area (Å²) in [6.45, 7) is 4.88. The van der Waals surface area contributed by atoms with Crippen molar-refractivity contribution in [2.75, 3.05) is 33.4 Å². The molecule has 6 nitrogen and oxygen atoms in total. The van der Waals surface area contributed by atoms with Crippen LogP contribution in [0, 0.1) is 0 Å². The van der Waals surface area contributed by atoms with Crippen molar-refractivity contribution in [1.29, 1.82) is 0 Å². The summed E-state index contributed by atoms with van der Waals surface area (Å²) < 4.78 is 11.8. The number of rotatable bonds is 11. The fourth-order valence-corrected chi connectivity index (χ4v) is 2.50. The third-order valence-corrected chi connectivity index (χ3v) is 3.43. The van der Waals surface area contributed by atoms with E-state index in [0.717, 1.165) is 36.1 Å². The minimum atomic E-state index is -0.523. The van der Waals surface area contributed by atoms with Gasteiger partial charge >= 0.3 is 0 Å². The number of nitrogens with one attached hydrogen (secondary N) is 2. The SMILES string of the molecule is CCOc1cc(CNCCCNC)cc(Br)c1OCC(N)=O. The monoisotopic (exact) mass is 373 g/mol. The number of hydrogen-bond acceptors (Lipinski definition) is 5. The standard InChI is InChI=1S/C15H24BrN3O3/c1-3-21-13-8-11(9-19-6-4-5-18-2)7-12(16)15(13)22-10-14(17)20/h7-8,18-19H,3-6,9-10H2,1-2H3,(H2,17,20). The van der Waals surface area contributed by atoms with Crippen LogP contribution in [-0.2, 0) is 11.3 Å². The van der Waals surface area contributed by atoms with Crippen LogP contribution in [0.4, 0.5) is 0 Å². The zero-order valence-electron chi connectivity index (χ0n) is 13.1. The van der Waals surface area contributed by atoms with Crippen molar-refractivity contribution in [1.82, 2.24) is 10.6 Å². The Balaban J connectivity index is 2.73. The first-order valence-electron chi connectivity index (χ1n) is 7.30. The van der Waals surface area contributed by atoms with E-state index in [1.807, 2.05) is 26.1 Å². The molecule has 1 aromatic carbocycles. The highest BCUT2D eigenvalue weighted by molar-refractivity contribution is 9.10. The summed E-state index contributed by atoms with van der Waals surface area (Å²) in [6, 6.07) is 3.86. The summed E-state index contributed by atoms with van der Waals surface area (Å²) in [5.41, 5.74) is 6.19. The molecule has 0 heterocycles. The van der Waals surface area contributed by atoms with Crippen LogP contribution in [0.5, 0.6) is 11.5 Å². The zero-order valence-corrected chi connectivity index (χ0v) is 14.7. The lowest BCUT2D eigenvalue weighted by Crippen LogP contribution is -2.21. The molecule has 0 spiro atoms. The lowest BCUT2D eigenvalue weighted by Gasteiger charge is -2.15. The van der Waals surface area contributed by atoms with Crippen LogP contribution in [0.25, 0.3) is 0 Å². The summed E-state index contributed by atoms with van der Waals surface area (Å²) >= 11 is 3.46. The predicted molar refractivity (Wildman–Crippen MR) is 90.3 cm³/mol. The summed E-state index contributed by atoms with van der Waals surface area (Å²) in [4.78, 5) is 10.9. The third kappa shape index (κ3) is 6.64. The van der Waals surface area contributed by atoms with Gasteiger partial charge in [-0.25, -0.2) is 0 Å². The number of amides is 1. The first-order chi connectivity index (χ1) is 10.6. The molecule has 4 N–H and O–H groups in total. The molecule has 0 atom stereocenters. The van der Waals surface area contributed by atoms with Crippen LogP contribution in [0.1, 0.15) is 18.9 Å². The molecule has 0 saturated heterocycles. The van der Waals surface area contributed by atoms with Gasteiger partial charge in [-0.15, -0.1) is 0 Å². The average Bonchev–Trinajstić information content (AvgIpc) is 2.46. The fraction of sp³-hybridized carbons (Fsp3) is 0.533. The summed E-state index contributed by atoms with van der Waals surface area (Å²) in [5.74, 6) is 0.578. The highest BCUT2D eigenvalue weighted by Gasteiger charge is 2.13. The molecule has 22 heavy (non-hydrogen) atoms. The number of benzene rings is 1. The number of hydrogen-bond donors (Lipinski definition) is 3. The van der Waals surface area contributed by atoms with E-state index in [0.29, 0.717) is 18.1 Å². The Hall–Kier alpha value is -1.31. The molecule has 0 aliphatic rings. The van der Waals surface area contributed by atoms with E-state index >= 15 is 0 Å². The third-order valence-electron chi connectivity index (χ3n) is 2.84. The van der Waals surface area contributed by atoms with Gasteiger partial charge < -0.3 is 25.8 Å². The molecule has 1 aromatic rings. The van der Waals surface area contributed by atoms with E-state index < -0.39 is 5.91 Å². The molecule has 1 amide bonds. The molecule has 1 rings (SSSR count). The van der Waals surface area contributed by atoms with Crippen molar-refractivity contribution in [2.45, 2.75) is 19.9 Å². The molecule has 0 aromatic heterocycles. The van der Waals surface area contributed by atoms with Crippen molar-refractivity contribution >= 4 is 21.8 Å². The van der Waals surface area contributed by atoms with Gasteiger partial charge in [0.05, 0.1) is 11.1 Å². The Morgan fingerprint density at radius 3 is 2.73 bits per heavy atom. The molecule has 0 radical (unpaired) electrons. The van der Waals surface area contributed by atoms with Crippen LogP contribution in [0.2, 0.25) is 0 Å².